The van der Waals surface area contributed by atoms with Gasteiger partial charge in [-0.1, -0.05) is 23.7 Å². The van der Waals surface area contributed by atoms with Gasteiger partial charge >= 0.3 is 0 Å². The first kappa shape index (κ1) is 20.4. The van der Waals surface area contributed by atoms with Crippen LogP contribution >= 0.6 is 35.6 Å². The predicted octanol–water partition coefficient (Wildman–Crippen LogP) is 2.32. The molecule has 0 saturated carbocycles. The van der Waals surface area contributed by atoms with E-state index < -0.39 is 6.10 Å². The van der Waals surface area contributed by atoms with Crippen LogP contribution in [0.25, 0.3) is 0 Å². The molecule has 0 heterocycles. The minimum Gasteiger partial charge on any atom is -0.386 e. The number of aliphatic hydroxyl groups is 1. The molecular weight excluding hydrogens is 405 g/mol. The minimum atomic E-state index is -0.684. The van der Waals surface area contributed by atoms with E-state index in [4.69, 9.17) is 22.1 Å². The Morgan fingerprint density at radius 3 is 2.71 bits per heavy atom. The van der Waals surface area contributed by atoms with Crippen LogP contribution in [-0.2, 0) is 4.74 Å². The van der Waals surface area contributed by atoms with Gasteiger partial charge < -0.3 is 20.9 Å². The summed E-state index contributed by atoms with van der Waals surface area (Å²) < 4.78 is 5.21. The molecule has 1 rings (SSSR count). The molecule has 0 radical (unpaired) electrons. The summed E-state index contributed by atoms with van der Waals surface area (Å²) in [6.45, 7) is 4.29. The van der Waals surface area contributed by atoms with E-state index in [1.807, 2.05) is 6.92 Å². The molecule has 1 aromatic rings. The van der Waals surface area contributed by atoms with E-state index >= 15 is 0 Å². The average Bonchev–Trinajstić information content (AvgIpc) is 2.45. The predicted molar refractivity (Wildman–Crippen MR) is 97.4 cm³/mol. The second kappa shape index (κ2) is 12.0. The number of hydrogen-bond donors (Lipinski definition) is 3. The van der Waals surface area contributed by atoms with Crippen molar-refractivity contribution in [2.24, 2.45) is 10.7 Å². The molecule has 120 valence electrons. The van der Waals surface area contributed by atoms with Gasteiger partial charge in [0.25, 0.3) is 0 Å². The second-order valence-electron chi connectivity index (χ2n) is 4.27. The van der Waals surface area contributed by atoms with Gasteiger partial charge in [-0.05, 0) is 31.0 Å². The minimum absolute atomic E-state index is 0. The standard InChI is InChI=1S/C14H22ClN3O2.HI/c1-2-20-9-3-8-17-14(16)18-10-13(19)11-4-6-12(15)7-5-11;/h4-7,13,19H,2-3,8-10H2,1H3,(H3,16,17,18);1H. The molecule has 4 N–H and O–H groups in total. The van der Waals surface area contributed by atoms with E-state index in [0.717, 1.165) is 18.6 Å². The number of benzene rings is 1. The summed E-state index contributed by atoms with van der Waals surface area (Å²) in [6, 6.07) is 7.01. The van der Waals surface area contributed by atoms with Crippen molar-refractivity contribution >= 4 is 41.5 Å². The highest BCUT2D eigenvalue weighted by Gasteiger charge is 2.06. The van der Waals surface area contributed by atoms with Gasteiger partial charge in [-0.2, -0.15) is 0 Å². The molecule has 21 heavy (non-hydrogen) atoms. The van der Waals surface area contributed by atoms with Gasteiger partial charge in [0.2, 0.25) is 0 Å². The molecule has 5 nitrogen and oxygen atoms in total. The Bertz CT molecular complexity index is 415. The van der Waals surface area contributed by atoms with Crippen LogP contribution < -0.4 is 11.1 Å². The lowest BCUT2D eigenvalue weighted by molar-refractivity contribution is 0.145. The summed E-state index contributed by atoms with van der Waals surface area (Å²) >= 11 is 5.79. The zero-order valence-corrected chi connectivity index (χ0v) is 15.2. The summed E-state index contributed by atoms with van der Waals surface area (Å²) in [6.07, 6.45) is 0.181. The lowest BCUT2D eigenvalue weighted by Crippen LogP contribution is -2.33. The lowest BCUT2D eigenvalue weighted by atomic mass is 10.1. The molecule has 0 aliphatic rings. The van der Waals surface area contributed by atoms with Gasteiger partial charge in [0.15, 0.2) is 5.96 Å². The van der Waals surface area contributed by atoms with Gasteiger partial charge in [-0.25, -0.2) is 0 Å². The molecule has 0 bridgehead atoms. The van der Waals surface area contributed by atoms with E-state index in [-0.39, 0.29) is 30.5 Å². The van der Waals surface area contributed by atoms with Crippen LogP contribution in [0, 0.1) is 0 Å². The Labute approximate surface area is 147 Å². The van der Waals surface area contributed by atoms with Gasteiger partial charge in [-0.3, -0.25) is 4.99 Å². The summed E-state index contributed by atoms with van der Waals surface area (Å²) in [5.41, 5.74) is 6.47. The first-order valence-corrected chi connectivity index (χ1v) is 7.06. The van der Waals surface area contributed by atoms with Crippen molar-refractivity contribution in [3.63, 3.8) is 0 Å². The zero-order chi connectivity index (χ0) is 14.8. The Balaban J connectivity index is 0.00000400. The topological polar surface area (TPSA) is 79.9 Å². The third-order valence-electron chi connectivity index (χ3n) is 2.67. The number of nitrogens with one attached hydrogen (secondary N) is 1. The molecule has 0 aliphatic heterocycles. The van der Waals surface area contributed by atoms with Crippen molar-refractivity contribution in [1.82, 2.24) is 5.32 Å². The Morgan fingerprint density at radius 2 is 2.10 bits per heavy atom. The van der Waals surface area contributed by atoms with Crippen molar-refractivity contribution in [3.8, 4) is 0 Å². The first-order chi connectivity index (χ1) is 9.63. The van der Waals surface area contributed by atoms with E-state index in [0.29, 0.717) is 24.1 Å². The number of aliphatic hydroxyl groups excluding tert-OH is 1. The molecule has 0 saturated heterocycles. The first-order valence-electron chi connectivity index (χ1n) is 6.68. The molecule has 0 amide bonds. The monoisotopic (exact) mass is 427 g/mol. The third-order valence-corrected chi connectivity index (χ3v) is 2.92. The SMILES string of the molecule is CCOCCCNC(N)=NCC(O)c1ccc(Cl)cc1.I. The quantitative estimate of drug-likeness (QED) is 0.257. The summed E-state index contributed by atoms with van der Waals surface area (Å²) in [5.74, 6) is 0.328. The molecule has 7 heteroatoms. The number of guanidine groups is 1. The van der Waals surface area contributed by atoms with Crippen LogP contribution in [0.2, 0.25) is 5.02 Å². The smallest absolute Gasteiger partial charge is 0.188 e. The van der Waals surface area contributed by atoms with Crippen molar-refractivity contribution in [1.29, 1.82) is 0 Å². The highest BCUT2D eigenvalue weighted by atomic mass is 127. The van der Waals surface area contributed by atoms with Crippen LogP contribution in [-0.4, -0.2) is 37.4 Å². The Hall–Kier alpha value is -0.570. The van der Waals surface area contributed by atoms with E-state index in [1.165, 1.54) is 0 Å². The Kier molecular flexibility index (Phi) is 11.7. The zero-order valence-electron chi connectivity index (χ0n) is 12.1. The molecule has 0 spiro atoms. The van der Waals surface area contributed by atoms with Crippen molar-refractivity contribution in [2.75, 3.05) is 26.3 Å². The average molecular weight is 428 g/mol. The maximum absolute atomic E-state index is 9.95. The molecule has 0 aliphatic carbocycles. The number of rotatable bonds is 8. The van der Waals surface area contributed by atoms with Crippen LogP contribution in [0.15, 0.2) is 29.3 Å². The van der Waals surface area contributed by atoms with Crippen LogP contribution in [0.5, 0.6) is 0 Å². The van der Waals surface area contributed by atoms with E-state index in [1.54, 1.807) is 24.3 Å². The molecule has 1 aromatic carbocycles. The van der Waals surface area contributed by atoms with Gasteiger partial charge in [-0.15, -0.1) is 24.0 Å². The molecule has 0 fully saturated rings. The largest absolute Gasteiger partial charge is 0.386 e. The molecule has 1 atom stereocenters. The van der Waals surface area contributed by atoms with Gasteiger partial charge in [0.1, 0.15) is 0 Å². The fraction of sp³-hybridized carbons (Fsp3) is 0.500. The summed E-state index contributed by atoms with van der Waals surface area (Å²) in [7, 11) is 0. The fourth-order valence-electron chi connectivity index (χ4n) is 1.57. The van der Waals surface area contributed by atoms with Crippen molar-refractivity contribution in [2.45, 2.75) is 19.4 Å². The molecule has 1 unspecified atom stereocenters. The highest BCUT2D eigenvalue weighted by Crippen LogP contribution is 2.16. The highest BCUT2D eigenvalue weighted by molar-refractivity contribution is 14.0. The molecular formula is C14H23ClIN3O2. The van der Waals surface area contributed by atoms with Crippen LogP contribution in [0.4, 0.5) is 0 Å². The number of nitrogens with zero attached hydrogens (tertiary/aromatic N) is 1. The van der Waals surface area contributed by atoms with Crippen molar-refractivity contribution < 1.29 is 9.84 Å². The number of halogens is 2. The van der Waals surface area contributed by atoms with E-state index in [9.17, 15) is 5.11 Å². The van der Waals surface area contributed by atoms with Crippen LogP contribution in [0.1, 0.15) is 25.0 Å². The number of hydrogen-bond acceptors (Lipinski definition) is 3. The second-order valence-corrected chi connectivity index (χ2v) is 4.71. The molecule has 0 aromatic heterocycles. The van der Waals surface area contributed by atoms with Gasteiger partial charge in [0.05, 0.1) is 12.6 Å². The van der Waals surface area contributed by atoms with Crippen LogP contribution in [0.3, 0.4) is 0 Å². The maximum atomic E-state index is 9.95. The fourth-order valence-corrected chi connectivity index (χ4v) is 1.69. The summed E-state index contributed by atoms with van der Waals surface area (Å²) in [5, 5.41) is 13.6. The van der Waals surface area contributed by atoms with E-state index in [2.05, 4.69) is 10.3 Å². The summed E-state index contributed by atoms with van der Waals surface area (Å²) in [4.78, 5) is 4.10. The maximum Gasteiger partial charge on any atom is 0.188 e. The Morgan fingerprint density at radius 1 is 1.43 bits per heavy atom. The van der Waals surface area contributed by atoms with Crippen molar-refractivity contribution in [3.05, 3.63) is 34.9 Å². The number of ether oxygens (including phenoxy) is 1. The number of nitrogens with two attached hydrogens (primary N) is 1. The van der Waals surface area contributed by atoms with Gasteiger partial charge in [0, 0.05) is 24.8 Å². The lowest BCUT2D eigenvalue weighted by Gasteiger charge is -2.10. The third kappa shape index (κ3) is 9.13. The normalized spacial score (nSPS) is 12.6. The number of aliphatic imine (C=N–C) groups is 1.